The molecule has 0 aromatic carbocycles. The number of thioether (sulfide) groups is 1. The molecule has 0 spiro atoms. The van der Waals surface area contributed by atoms with Crippen molar-refractivity contribution in [3.05, 3.63) is 0 Å². The van der Waals surface area contributed by atoms with Crippen LogP contribution in [-0.4, -0.2) is 41.2 Å². The zero-order valence-corrected chi connectivity index (χ0v) is 11.4. The summed E-state index contributed by atoms with van der Waals surface area (Å²) in [7, 11) is 0. The van der Waals surface area contributed by atoms with Gasteiger partial charge in [0.25, 0.3) is 0 Å². The molecule has 1 fully saturated rings. The van der Waals surface area contributed by atoms with E-state index in [0.29, 0.717) is 6.42 Å². The van der Waals surface area contributed by atoms with Crippen LogP contribution in [0, 0.1) is 0 Å². The van der Waals surface area contributed by atoms with E-state index in [0.717, 1.165) is 31.4 Å². The SMILES string of the molecule is CSCC[C@H](N)C(=O)NC1(CO)CCCCC1. The van der Waals surface area contributed by atoms with E-state index in [9.17, 15) is 9.90 Å². The molecule has 0 unspecified atom stereocenters. The van der Waals surface area contributed by atoms with Gasteiger partial charge in [-0.25, -0.2) is 0 Å². The molecule has 1 saturated carbocycles. The van der Waals surface area contributed by atoms with Crippen LogP contribution >= 0.6 is 11.8 Å². The van der Waals surface area contributed by atoms with Gasteiger partial charge in [0.1, 0.15) is 0 Å². The molecule has 4 N–H and O–H groups in total. The predicted molar refractivity (Wildman–Crippen MR) is 72.0 cm³/mol. The molecule has 0 radical (unpaired) electrons. The van der Waals surface area contributed by atoms with Gasteiger partial charge in [-0.15, -0.1) is 0 Å². The maximum Gasteiger partial charge on any atom is 0.237 e. The number of carbonyl (C=O) groups is 1. The highest BCUT2D eigenvalue weighted by molar-refractivity contribution is 7.98. The summed E-state index contributed by atoms with van der Waals surface area (Å²) in [5.41, 5.74) is 5.42. The van der Waals surface area contributed by atoms with E-state index >= 15 is 0 Å². The van der Waals surface area contributed by atoms with Crippen LogP contribution in [0.2, 0.25) is 0 Å². The molecule has 4 nitrogen and oxygen atoms in total. The largest absolute Gasteiger partial charge is 0.394 e. The number of hydrogen-bond acceptors (Lipinski definition) is 4. The number of nitrogens with one attached hydrogen (secondary N) is 1. The van der Waals surface area contributed by atoms with E-state index in [4.69, 9.17) is 5.73 Å². The number of aliphatic hydroxyl groups excluding tert-OH is 1. The second-order valence-electron chi connectivity index (χ2n) is 4.88. The average molecular weight is 260 g/mol. The first-order valence-electron chi connectivity index (χ1n) is 6.31. The van der Waals surface area contributed by atoms with Crippen LogP contribution in [0.15, 0.2) is 0 Å². The second kappa shape index (κ2) is 7.24. The number of rotatable bonds is 6. The van der Waals surface area contributed by atoms with Crippen LogP contribution in [0.4, 0.5) is 0 Å². The Morgan fingerprint density at radius 1 is 1.47 bits per heavy atom. The van der Waals surface area contributed by atoms with Crippen molar-refractivity contribution in [1.29, 1.82) is 0 Å². The van der Waals surface area contributed by atoms with E-state index in [2.05, 4.69) is 5.32 Å². The number of amides is 1. The van der Waals surface area contributed by atoms with Crippen LogP contribution in [0.3, 0.4) is 0 Å². The molecule has 0 aromatic rings. The van der Waals surface area contributed by atoms with E-state index in [-0.39, 0.29) is 12.5 Å². The molecular weight excluding hydrogens is 236 g/mol. The summed E-state index contributed by atoms with van der Waals surface area (Å²) in [5, 5.41) is 12.5. The number of carbonyl (C=O) groups excluding carboxylic acids is 1. The standard InChI is InChI=1S/C12H24N2O2S/c1-17-8-5-10(13)11(16)14-12(9-15)6-3-2-4-7-12/h10,15H,2-9,13H2,1H3,(H,14,16)/t10-/m0/s1. The van der Waals surface area contributed by atoms with Gasteiger partial charge in [0.15, 0.2) is 0 Å². The monoisotopic (exact) mass is 260 g/mol. The van der Waals surface area contributed by atoms with Gasteiger partial charge in [-0.2, -0.15) is 11.8 Å². The minimum absolute atomic E-state index is 0.0218. The van der Waals surface area contributed by atoms with Gasteiger partial charge >= 0.3 is 0 Å². The average Bonchev–Trinajstić information content (AvgIpc) is 2.36. The van der Waals surface area contributed by atoms with Gasteiger partial charge < -0.3 is 16.2 Å². The minimum Gasteiger partial charge on any atom is -0.394 e. The molecule has 0 bridgehead atoms. The van der Waals surface area contributed by atoms with E-state index in [1.807, 2.05) is 6.26 Å². The second-order valence-corrected chi connectivity index (χ2v) is 5.86. The lowest BCUT2D eigenvalue weighted by Gasteiger charge is -2.37. The lowest BCUT2D eigenvalue weighted by atomic mass is 9.82. The van der Waals surface area contributed by atoms with Crippen molar-refractivity contribution < 1.29 is 9.90 Å². The first-order valence-corrected chi connectivity index (χ1v) is 7.70. The molecule has 100 valence electrons. The Morgan fingerprint density at radius 2 is 2.12 bits per heavy atom. The first kappa shape index (κ1) is 14.8. The normalized spacial score (nSPS) is 20.9. The summed E-state index contributed by atoms with van der Waals surface area (Å²) in [6, 6.07) is -0.451. The van der Waals surface area contributed by atoms with Gasteiger partial charge in [-0.05, 0) is 31.3 Å². The van der Waals surface area contributed by atoms with E-state index in [1.54, 1.807) is 11.8 Å². The van der Waals surface area contributed by atoms with Gasteiger partial charge in [-0.1, -0.05) is 19.3 Å². The highest BCUT2D eigenvalue weighted by Gasteiger charge is 2.33. The first-order chi connectivity index (χ1) is 8.13. The van der Waals surface area contributed by atoms with Crippen molar-refractivity contribution in [2.75, 3.05) is 18.6 Å². The van der Waals surface area contributed by atoms with Gasteiger partial charge in [-0.3, -0.25) is 4.79 Å². The Kier molecular flexibility index (Phi) is 6.30. The molecule has 1 aliphatic carbocycles. The summed E-state index contributed by atoms with van der Waals surface area (Å²) in [6.07, 6.45) is 7.75. The molecule has 1 rings (SSSR count). The van der Waals surface area contributed by atoms with Gasteiger partial charge in [0.2, 0.25) is 5.91 Å². The van der Waals surface area contributed by atoms with E-state index < -0.39 is 11.6 Å². The van der Waals surface area contributed by atoms with Crippen LogP contribution < -0.4 is 11.1 Å². The Labute approximate surface area is 108 Å². The molecule has 0 aliphatic heterocycles. The number of aliphatic hydroxyl groups is 1. The minimum atomic E-state index is -0.451. The summed E-state index contributed by atoms with van der Waals surface area (Å²) < 4.78 is 0. The van der Waals surface area contributed by atoms with E-state index in [1.165, 1.54) is 6.42 Å². The maximum absolute atomic E-state index is 11.9. The van der Waals surface area contributed by atoms with Crippen LogP contribution in [0.1, 0.15) is 38.5 Å². The maximum atomic E-state index is 11.9. The molecule has 0 saturated heterocycles. The van der Waals surface area contributed by atoms with Crippen molar-refractivity contribution >= 4 is 17.7 Å². The van der Waals surface area contributed by atoms with Crippen molar-refractivity contribution in [2.24, 2.45) is 5.73 Å². The van der Waals surface area contributed by atoms with Crippen molar-refractivity contribution in [1.82, 2.24) is 5.32 Å². The zero-order valence-electron chi connectivity index (χ0n) is 10.6. The van der Waals surface area contributed by atoms with Crippen molar-refractivity contribution in [3.63, 3.8) is 0 Å². The molecular formula is C12H24N2O2S. The van der Waals surface area contributed by atoms with Crippen LogP contribution in [-0.2, 0) is 4.79 Å². The fraction of sp³-hybridized carbons (Fsp3) is 0.917. The van der Waals surface area contributed by atoms with Crippen LogP contribution in [0.25, 0.3) is 0 Å². The lowest BCUT2D eigenvalue weighted by molar-refractivity contribution is -0.125. The highest BCUT2D eigenvalue weighted by Crippen LogP contribution is 2.27. The Bertz CT molecular complexity index is 243. The molecule has 1 aliphatic rings. The Balaban J connectivity index is 2.46. The summed E-state index contributed by atoms with van der Waals surface area (Å²) >= 11 is 1.69. The highest BCUT2D eigenvalue weighted by atomic mass is 32.2. The summed E-state index contributed by atoms with van der Waals surface area (Å²) in [5.74, 6) is 0.774. The van der Waals surface area contributed by atoms with Crippen LogP contribution in [0.5, 0.6) is 0 Å². The zero-order chi connectivity index (χ0) is 12.7. The number of hydrogen-bond donors (Lipinski definition) is 3. The Hall–Kier alpha value is -0.260. The van der Waals surface area contributed by atoms with Gasteiger partial charge in [0, 0.05) is 0 Å². The molecule has 17 heavy (non-hydrogen) atoms. The molecule has 0 heterocycles. The van der Waals surface area contributed by atoms with Crippen molar-refractivity contribution in [2.45, 2.75) is 50.1 Å². The lowest BCUT2D eigenvalue weighted by Crippen LogP contribution is -2.56. The van der Waals surface area contributed by atoms with Crippen molar-refractivity contribution in [3.8, 4) is 0 Å². The Morgan fingerprint density at radius 3 is 2.65 bits per heavy atom. The number of nitrogens with two attached hydrogens (primary N) is 1. The third kappa shape index (κ3) is 4.48. The third-order valence-corrected chi connectivity index (χ3v) is 4.12. The fourth-order valence-corrected chi connectivity index (χ4v) is 2.77. The summed E-state index contributed by atoms with van der Waals surface area (Å²) in [6.45, 7) is 0.0218. The topological polar surface area (TPSA) is 75.4 Å². The smallest absolute Gasteiger partial charge is 0.237 e. The molecule has 5 heteroatoms. The summed E-state index contributed by atoms with van der Waals surface area (Å²) in [4.78, 5) is 11.9. The fourth-order valence-electron chi connectivity index (χ4n) is 2.28. The molecule has 1 amide bonds. The third-order valence-electron chi connectivity index (χ3n) is 3.47. The quantitative estimate of drug-likeness (QED) is 0.662. The predicted octanol–water partition coefficient (Wildman–Crippen LogP) is 0.878. The van der Waals surface area contributed by atoms with Gasteiger partial charge in [0.05, 0.1) is 18.2 Å². The molecule has 1 atom stereocenters. The molecule has 0 aromatic heterocycles.